The molecule has 0 bridgehead atoms. The van der Waals surface area contributed by atoms with Gasteiger partial charge in [0.1, 0.15) is 6.61 Å². The van der Waals surface area contributed by atoms with Crippen LogP contribution >= 0.6 is 0 Å². The minimum absolute atomic E-state index is 0.0158. The monoisotopic (exact) mass is 439 g/mol. The number of nitrogens with one attached hydrogen (secondary N) is 1. The Morgan fingerprint density at radius 1 is 1.22 bits per heavy atom. The maximum Gasteiger partial charge on any atom is 0.351 e. The quantitative estimate of drug-likeness (QED) is 0.608. The van der Waals surface area contributed by atoms with Crippen LogP contribution in [0.4, 0.5) is 10.2 Å². The summed E-state index contributed by atoms with van der Waals surface area (Å²) in [6.07, 6.45) is 0.0641. The van der Waals surface area contributed by atoms with E-state index in [0.717, 1.165) is 16.3 Å². The van der Waals surface area contributed by atoms with Crippen LogP contribution in [-0.2, 0) is 20.8 Å². The van der Waals surface area contributed by atoms with E-state index in [0.29, 0.717) is 12.2 Å². The number of carbonyl (C=O) groups excluding carboxylic acids is 1. The lowest BCUT2D eigenvalue weighted by atomic mass is 10.2. The summed E-state index contributed by atoms with van der Waals surface area (Å²) in [7, 11) is 0. The van der Waals surface area contributed by atoms with Crippen molar-refractivity contribution in [2.45, 2.75) is 25.5 Å². The molecule has 166 valence electrons. The topological polar surface area (TPSA) is 91.7 Å². The summed E-state index contributed by atoms with van der Waals surface area (Å²) < 4.78 is 32.7. The molecule has 1 aromatic heterocycles. The molecule has 2 aromatic carbocycles. The van der Waals surface area contributed by atoms with Gasteiger partial charge in [-0.05, 0) is 24.6 Å². The lowest BCUT2D eigenvalue weighted by Gasteiger charge is -2.23. The number of hydrogen-bond acceptors (Lipinski definition) is 6. The third-order valence-electron chi connectivity index (χ3n) is 4.88. The van der Waals surface area contributed by atoms with Gasteiger partial charge >= 0.3 is 5.69 Å². The van der Waals surface area contributed by atoms with E-state index in [1.54, 1.807) is 37.3 Å². The molecule has 32 heavy (non-hydrogen) atoms. The van der Waals surface area contributed by atoms with E-state index in [4.69, 9.17) is 14.2 Å². The maximum absolute atomic E-state index is 14.6. The molecular weight excluding hydrogens is 417 g/mol. The van der Waals surface area contributed by atoms with Crippen LogP contribution in [0.1, 0.15) is 29.1 Å². The van der Waals surface area contributed by atoms with E-state index in [2.05, 4.69) is 10.3 Å². The number of aromatic nitrogens is 2. The zero-order chi connectivity index (χ0) is 22.6. The first-order valence-corrected chi connectivity index (χ1v) is 10.0. The fraction of sp³-hybridized carbons (Fsp3) is 0.261. The Morgan fingerprint density at radius 3 is 2.62 bits per heavy atom. The van der Waals surface area contributed by atoms with Crippen LogP contribution < -0.4 is 11.0 Å². The molecule has 4 rings (SSSR count). The summed E-state index contributed by atoms with van der Waals surface area (Å²) in [5, 5.41) is 2.31. The molecule has 0 radical (unpaired) electrons. The van der Waals surface area contributed by atoms with Crippen LogP contribution in [0.15, 0.2) is 71.7 Å². The van der Waals surface area contributed by atoms with Crippen LogP contribution in [0.25, 0.3) is 0 Å². The molecule has 2 heterocycles. The molecule has 1 aliphatic rings. The van der Waals surface area contributed by atoms with Crippen LogP contribution in [0.2, 0.25) is 0 Å². The molecule has 0 spiro atoms. The van der Waals surface area contributed by atoms with Crippen molar-refractivity contribution in [1.29, 1.82) is 0 Å². The lowest BCUT2D eigenvalue weighted by Crippen LogP contribution is -2.34. The number of anilines is 1. The van der Waals surface area contributed by atoms with E-state index < -0.39 is 35.2 Å². The van der Waals surface area contributed by atoms with Gasteiger partial charge in [-0.25, -0.2) is 9.18 Å². The standard InChI is InChI=1S/C23H22FN3O5/c1-23(15-30-13-16-8-4-2-5-9-16)31-14-19(32-23)27-12-18(24)20(26-22(27)29)25-21(28)17-10-6-3-7-11-17/h2-12,19H,13-15H2,1H3,(H,25,26,28,29)/t19-,23-/m0/s1. The van der Waals surface area contributed by atoms with Gasteiger partial charge in [0, 0.05) is 5.56 Å². The van der Waals surface area contributed by atoms with Crippen molar-refractivity contribution in [1.82, 2.24) is 9.55 Å². The summed E-state index contributed by atoms with van der Waals surface area (Å²) in [6, 6.07) is 17.9. The van der Waals surface area contributed by atoms with Crippen molar-refractivity contribution >= 4 is 11.7 Å². The SMILES string of the molecule is C[C@]1(COCc2ccccc2)OC[C@@H](n2cc(F)c(NC(=O)c3ccccc3)nc2=O)O1. The highest BCUT2D eigenvalue weighted by molar-refractivity contribution is 6.03. The van der Waals surface area contributed by atoms with Crippen LogP contribution in [-0.4, -0.2) is 34.5 Å². The van der Waals surface area contributed by atoms with Crippen LogP contribution in [0.5, 0.6) is 0 Å². The number of hydrogen-bond donors (Lipinski definition) is 1. The number of carbonyl (C=O) groups is 1. The van der Waals surface area contributed by atoms with Crippen molar-refractivity contribution in [2.24, 2.45) is 0 Å². The van der Waals surface area contributed by atoms with Gasteiger partial charge in [-0.2, -0.15) is 4.98 Å². The van der Waals surface area contributed by atoms with Crippen molar-refractivity contribution in [3.63, 3.8) is 0 Å². The van der Waals surface area contributed by atoms with E-state index in [-0.39, 0.29) is 13.2 Å². The average Bonchev–Trinajstić information content (AvgIpc) is 3.19. The zero-order valence-electron chi connectivity index (χ0n) is 17.4. The number of amides is 1. The normalized spacial score (nSPS) is 20.2. The highest BCUT2D eigenvalue weighted by atomic mass is 19.1. The van der Waals surface area contributed by atoms with E-state index in [1.165, 1.54) is 0 Å². The molecular formula is C23H22FN3O5. The smallest absolute Gasteiger partial charge is 0.351 e. The Hall–Kier alpha value is -3.40. The Morgan fingerprint density at radius 2 is 1.91 bits per heavy atom. The second-order valence-electron chi connectivity index (χ2n) is 7.44. The minimum Gasteiger partial charge on any atom is -0.371 e. The van der Waals surface area contributed by atoms with Crippen molar-refractivity contribution < 1.29 is 23.4 Å². The predicted molar refractivity (Wildman–Crippen MR) is 113 cm³/mol. The predicted octanol–water partition coefficient (Wildman–Crippen LogP) is 3.11. The largest absolute Gasteiger partial charge is 0.371 e. The van der Waals surface area contributed by atoms with Crippen LogP contribution in [0, 0.1) is 5.82 Å². The molecule has 0 saturated carbocycles. The molecule has 0 unspecified atom stereocenters. The zero-order valence-corrected chi connectivity index (χ0v) is 17.4. The van der Waals surface area contributed by atoms with Gasteiger partial charge in [-0.15, -0.1) is 0 Å². The Kier molecular flexibility index (Phi) is 6.40. The minimum atomic E-state index is -1.10. The van der Waals surface area contributed by atoms with Crippen molar-refractivity contribution in [3.8, 4) is 0 Å². The van der Waals surface area contributed by atoms with Gasteiger partial charge in [-0.1, -0.05) is 48.5 Å². The number of benzene rings is 2. The highest BCUT2D eigenvalue weighted by Crippen LogP contribution is 2.29. The average molecular weight is 439 g/mol. The third-order valence-corrected chi connectivity index (χ3v) is 4.88. The molecule has 0 aliphatic carbocycles. The number of rotatable bonds is 7. The van der Waals surface area contributed by atoms with Crippen LogP contribution in [0.3, 0.4) is 0 Å². The molecule has 1 aliphatic heterocycles. The fourth-order valence-corrected chi connectivity index (χ4v) is 3.25. The van der Waals surface area contributed by atoms with Gasteiger partial charge in [-0.3, -0.25) is 9.36 Å². The first kappa shape index (κ1) is 21.8. The molecule has 9 heteroatoms. The molecule has 8 nitrogen and oxygen atoms in total. The summed E-state index contributed by atoms with van der Waals surface area (Å²) in [4.78, 5) is 28.4. The van der Waals surface area contributed by atoms with Gasteiger partial charge in [0.15, 0.2) is 23.7 Å². The highest BCUT2D eigenvalue weighted by Gasteiger charge is 2.39. The van der Waals surface area contributed by atoms with Gasteiger partial charge in [0.2, 0.25) is 0 Å². The number of halogens is 1. The van der Waals surface area contributed by atoms with E-state index >= 15 is 0 Å². The van der Waals surface area contributed by atoms with Gasteiger partial charge in [0.05, 0.1) is 19.4 Å². The molecule has 1 saturated heterocycles. The molecule has 3 aromatic rings. The summed E-state index contributed by atoms with van der Waals surface area (Å²) in [6.45, 7) is 2.19. The fourth-order valence-electron chi connectivity index (χ4n) is 3.25. The number of nitrogens with zero attached hydrogens (tertiary/aromatic N) is 2. The van der Waals surface area contributed by atoms with Gasteiger partial charge < -0.3 is 19.5 Å². The summed E-state index contributed by atoms with van der Waals surface area (Å²) in [5.74, 6) is -2.99. The van der Waals surface area contributed by atoms with Gasteiger partial charge in [0.25, 0.3) is 5.91 Å². The maximum atomic E-state index is 14.6. The van der Waals surface area contributed by atoms with E-state index in [1.807, 2.05) is 30.3 Å². The Bertz CT molecular complexity index is 1140. The molecule has 2 atom stereocenters. The Balaban J connectivity index is 1.40. The van der Waals surface area contributed by atoms with Crippen molar-refractivity contribution in [3.05, 3.63) is 94.3 Å². The number of ether oxygens (including phenoxy) is 3. The van der Waals surface area contributed by atoms with Crippen molar-refractivity contribution in [2.75, 3.05) is 18.5 Å². The van der Waals surface area contributed by atoms with E-state index in [9.17, 15) is 14.0 Å². The summed E-state index contributed by atoms with van der Waals surface area (Å²) >= 11 is 0. The molecule has 1 fully saturated rings. The second kappa shape index (κ2) is 9.39. The third kappa shape index (κ3) is 5.08. The summed E-state index contributed by atoms with van der Waals surface area (Å²) in [5.41, 5.74) is 0.538. The first-order chi connectivity index (χ1) is 15.4. The molecule has 1 N–H and O–H groups in total. The second-order valence-corrected chi connectivity index (χ2v) is 7.44. The first-order valence-electron chi connectivity index (χ1n) is 10.0. The Labute approximate surface area is 183 Å². The molecule has 1 amide bonds. The lowest BCUT2D eigenvalue weighted by molar-refractivity contribution is -0.199.